The lowest BCUT2D eigenvalue weighted by Crippen LogP contribution is -2.12. The van der Waals surface area contributed by atoms with Crippen LogP contribution in [-0.4, -0.2) is 31.2 Å². The van der Waals surface area contributed by atoms with Crippen LogP contribution in [0.25, 0.3) is 0 Å². The predicted octanol–water partition coefficient (Wildman–Crippen LogP) is 0.746. The van der Waals surface area contributed by atoms with Gasteiger partial charge >= 0.3 is 0 Å². The summed E-state index contributed by atoms with van der Waals surface area (Å²) >= 11 is 0. The molecule has 90 valence electrons. The zero-order chi connectivity index (χ0) is 12.1. The summed E-state index contributed by atoms with van der Waals surface area (Å²) in [7, 11) is 1.82. The average Bonchev–Trinajstić information content (AvgIpc) is 2.73. The van der Waals surface area contributed by atoms with Crippen LogP contribution < -0.4 is 0 Å². The summed E-state index contributed by atoms with van der Waals surface area (Å²) in [6, 6.07) is 3.92. The van der Waals surface area contributed by atoms with Crippen LogP contribution in [0.15, 0.2) is 30.7 Å². The Balaban J connectivity index is 1.80. The molecule has 2 aromatic heterocycles. The van der Waals surface area contributed by atoms with Crippen LogP contribution in [0.3, 0.4) is 0 Å². The largest absolute Gasteiger partial charge is 0.393 e. The first-order valence-corrected chi connectivity index (χ1v) is 5.66. The highest BCUT2D eigenvalue weighted by molar-refractivity contribution is 5.08. The van der Waals surface area contributed by atoms with Gasteiger partial charge in [0.15, 0.2) is 0 Å². The Hall–Kier alpha value is -1.75. The van der Waals surface area contributed by atoms with Crippen molar-refractivity contribution < 1.29 is 5.11 Å². The van der Waals surface area contributed by atoms with Crippen molar-refractivity contribution in [1.82, 2.24) is 20.0 Å². The van der Waals surface area contributed by atoms with Crippen LogP contribution in [0.1, 0.15) is 17.7 Å². The van der Waals surface area contributed by atoms with Crippen molar-refractivity contribution in [1.29, 1.82) is 0 Å². The first-order valence-electron chi connectivity index (χ1n) is 5.66. The highest BCUT2D eigenvalue weighted by Gasteiger charge is 2.08. The van der Waals surface area contributed by atoms with Crippen LogP contribution in [0.2, 0.25) is 0 Å². The molecule has 1 atom stereocenters. The molecule has 1 N–H and O–H groups in total. The molecule has 2 heterocycles. The molecule has 2 aromatic rings. The van der Waals surface area contributed by atoms with Crippen LogP contribution in [0.5, 0.6) is 0 Å². The summed E-state index contributed by atoms with van der Waals surface area (Å²) in [5, 5.41) is 17.7. The molecule has 0 fully saturated rings. The summed E-state index contributed by atoms with van der Waals surface area (Å²) in [4.78, 5) is 4.04. The lowest BCUT2D eigenvalue weighted by molar-refractivity contribution is 0.164. The van der Waals surface area contributed by atoms with E-state index in [9.17, 15) is 5.11 Å². The Morgan fingerprint density at radius 2 is 2.35 bits per heavy atom. The molecule has 5 nitrogen and oxygen atoms in total. The monoisotopic (exact) mass is 232 g/mol. The van der Waals surface area contributed by atoms with E-state index in [1.165, 1.54) is 0 Å². The highest BCUT2D eigenvalue weighted by atomic mass is 16.3. The van der Waals surface area contributed by atoms with E-state index in [-0.39, 0.29) is 6.10 Å². The first kappa shape index (κ1) is 11.7. The number of hydrogen-bond acceptors (Lipinski definition) is 4. The molecule has 17 heavy (non-hydrogen) atoms. The molecule has 0 aliphatic heterocycles. The lowest BCUT2D eigenvalue weighted by atomic mass is 10.1. The van der Waals surface area contributed by atoms with E-state index in [0.29, 0.717) is 12.8 Å². The molecule has 0 radical (unpaired) electrons. The van der Waals surface area contributed by atoms with Crippen molar-refractivity contribution in [2.75, 3.05) is 0 Å². The number of rotatable bonds is 5. The van der Waals surface area contributed by atoms with E-state index in [2.05, 4.69) is 15.3 Å². The number of aryl methyl sites for hydroxylation is 2. The van der Waals surface area contributed by atoms with E-state index in [1.54, 1.807) is 10.9 Å². The summed E-state index contributed by atoms with van der Waals surface area (Å²) in [6.07, 6.45) is 7.11. The number of hydrogen-bond donors (Lipinski definition) is 1. The average molecular weight is 232 g/mol. The van der Waals surface area contributed by atoms with Gasteiger partial charge in [-0.15, -0.1) is 5.10 Å². The van der Waals surface area contributed by atoms with Crippen LogP contribution in [-0.2, 0) is 19.9 Å². The van der Waals surface area contributed by atoms with E-state index in [0.717, 1.165) is 17.7 Å². The minimum atomic E-state index is -0.382. The van der Waals surface area contributed by atoms with Gasteiger partial charge in [0.25, 0.3) is 0 Å². The third-order valence-corrected chi connectivity index (χ3v) is 2.58. The van der Waals surface area contributed by atoms with Crippen molar-refractivity contribution in [3.8, 4) is 0 Å². The van der Waals surface area contributed by atoms with Gasteiger partial charge in [-0.2, -0.15) is 0 Å². The Morgan fingerprint density at radius 1 is 1.47 bits per heavy atom. The minimum absolute atomic E-state index is 0.382. The molecule has 2 rings (SSSR count). The Bertz CT molecular complexity index is 455. The van der Waals surface area contributed by atoms with Crippen molar-refractivity contribution in [2.45, 2.75) is 25.4 Å². The summed E-state index contributed by atoms with van der Waals surface area (Å²) in [6.45, 7) is 0. The molecule has 0 aliphatic rings. The number of aliphatic hydroxyl groups is 1. The summed E-state index contributed by atoms with van der Waals surface area (Å²) < 4.78 is 1.64. The van der Waals surface area contributed by atoms with Gasteiger partial charge in [-0.25, -0.2) is 0 Å². The fourth-order valence-corrected chi connectivity index (χ4v) is 1.71. The number of nitrogens with zero attached hydrogens (tertiary/aromatic N) is 4. The van der Waals surface area contributed by atoms with Crippen molar-refractivity contribution >= 4 is 0 Å². The lowest BCUT2D eigenvalue weighted by Gasteiger charge is -2.07. The molecular weight excluding hydrogens is 216 g/mol. The molecule has 0 saturated heterocycles. The van der Waals surface area contributed by atoms with Gasteiger partial charge in [-0.1, -0.05) is 11.3 Å². The van der Waals surface area contributed by atoms with Crippen molar-refractivity contribution in [3.05, 3.63) is 42.0 Å². The predicted molar refractivity (Wildman–Crippen MR) is 63.3 cm³/mol. The molecule has 0 aromatic carbocycles. The molecule has 5 heteroatoms. The van der Waals surface area contributed by atoms with Crippen molar-refractivity contribution in [2.24, 2.45) is 7.05 Å². The Kier molecular flexibility index (Phi) is 3.82. The summed E-state index contributed by atoms with van der Waals surface area (Å²) in [5.41, 5.74) is 1.97. The van der Waals surface area contributed by atoms with Gasteiger partial charge in [0.1, 0.15) is 0 Å². The Morgan fingerprint density at radius 3 is 3.00 bits per heavy atom. The standard InChI is InChI=1S/C12H16N4O/c1-16-9-11(14-15-16)7-12(17)5-4-10-3-2-6-13-8-10/h2-3,6,8-9,12,17H,4-5,7H2,1H3. The van der Waals surface area contributed by atoms with E-state index >= 15 is 0 Å². The molecular formula is C12H16N4O. The van der Waals surface area contributed by atoms with Crippen LogP contribution in [0, 0.1) is 0 Å². The van der Waals surface area contributed by atoms with E-state index < -0.39 is 0 Å². The van der Waals surface area contributed by atoms with E-state index in [1.807, 2.05) is 31.6 Å². The number of pyridine rings is 1. The van der Waals surface area contributed by atoms with Gasteiger partial charge in [0.05, 0.1) is 11.8 Å². The van der Waals surface area contributed by atoms with Gasteiger partial charge in [0.2, 0.25) is 0 Å². The molecule has 0 amide bonds. The molecule has 0 spiro atoms. The second-order valence-electron chi connectivity index (χ2n) is 4.14. The number of aromatic nitrogens is 4. The second kappa shape index (κ2) is 5.54. The molecule has 1 unspecified atom stereocenters. The molecule has 0 saturated carbocycles. The normalized spacial score (nSPS) is 12.6. The van der Waals surface area contributed by atoms with Gasteiger partial charge in [0, 0.05) is 32.1 Å². The maximum absolute atomic E-state index is 9.88. The van der Waals surface area contributed by atoms with E-state index in [4.69, 9.17) is 0 Å². The fraction of sp³-hybridized carbons (Fsp3) is 0.417. The van der Waals surface area contributed by atoms with Gasteiger partial charge in [-0.3, -0.25) is 9.67 Å². The molecule has 0 aliphatic carbocycles. The maximum Gasteiger partial charge on any atom is 0.0852 e. The van der Waals surface area contributed by atoms with Crippen LogP contribution in [0.4, 0.5) is 0 Å². The quantitative estimate of drug-likeness (QED) is 0.826. The van der Waals surface area contributed by atoms with Gasteiger partial charge in [-0.05, 0) is 24.5 Å². The SMILES string of the molecule is Cn1cc(CC(O)CCc2cccnc2)nn1. The van der Waals surface area contributed by atoms with Crippen LogP contribution >= 0.6 is 0 Å². The van der Waals surface area contributed by atoms with Gasteiger partial charge < -0.3 is 5.11 Å². The minimum Gasteiger partial charge on any atom is -0.393 e. The fourth-order valence-electron chi connectivity index (χ4n) is 1.71. The zero-order valence-corrected chi connectivity index (χ0v) is 9.82. The third kappa shape index (κ3) is 3.64. The smallest absolute Gasteiger partial charge is 0.0852 e. The topological polar surface area (TPSA) is 63.8 Å². The number of aliphatic hydroxyl groups excluding tert-OH is 1. The molecule has 0 bridgehead atoms. The highest BCUT2D eigenvalue weighted by Crippen LogP contribution is 2.07. The first-order chi connectivity index (χ1) is 8.24. The van der Waals surface area contributed by atoms with Crippen molar-refractivity contribution in [3.63, 3.8) is 0 Å². The summed E-state index contributed by atoms with van der Waals surface area (Å²) in [5.74, 6) is 0. The maximum atomic E-state index is 9.88. The zero-order valence-electron chi connectivity index (χ0n) is 9.82. The Labute approximate surface area is 100 Å². The third-order valence-electron chi connectivity index (χ3n) is 2.58. The second-order valence-corrected chi connectivity index (χ2v) is 4.14.